The zero-order valence-corrected chi connectivity index (χ0v) is 8.28. The molecule has 0 radical (unpaired) electrons. The Morgan fingerprint density at radius 2 is 2.38 bits per heavy atom. The lowest BCUT2D eigenvalue weighted by molar-refractivity contribution is 0.313. The topological polar surface area (TPSA) is 25.2 Å². The SMILES string of the molecule is CN1CCc2c(cc3c(c2Cl)N3)C1. The van der Waals surface area contributed by atoms with Crippen LogP contribution in [0.2, 0.25) is 5.02 Å². The van der Waals surface area contributed by atoms with Crippen LogP contribution in [0.15, 0.2) is 6.07 Å². The lowest BCUT2D eigenvalue weighted by Gasteiger charge is -2.24. The highest BCUT2D eigenvalue weighted by Crippen LogP contribution is 2.48. The number of likely N-dealkylation sites (N-methyl/N-ethyl adjacent to an activating group) is 1. The number of hydrogen-bond acceptors (Lipinski definition) is 2. The van der Waals surface area contributed by atoms with Crippen LogP contribution in [0.25, 0.3) is 0 Å². The molecule has 0 aliphatic carbocycles. The number of rotatable bonds is 0. The van der Waals surface area contributed by atoms with E-state index in [4.69, 9.17) is 11.6 Å². The van der Waals surface area contributed by atoms with Crippen LogP contribution in [-0.4, -0.2) is 18.5 Å². The van der Waals surface area contributed by atoms with Gasteiger partial charge in [0.25, 0.3) is 0 Å². The maximum absolute atomic E-state index is 6.23. The Bertz CT molecular complexity index is 387. The molecule has 3 heteroatoms. The maximum atomic E-state index is 6.23. The van der Waals surface area contributed by atoms with Crippen molar-refractivity contribution in [2.24, 2.45) is 0 Å². The molecule has 1 aromatic carbocycles. The molecule has 2 nitrogen and oxygen atoms in total. The molecule has 0 saturated carbocycles. The first-order valence-electron chi connectivity index (χ1n) is 4.55. The van der Waals surface area contributed by atoms with Gasteiger partial charge in [-0.05, 0) is 30.7 Å². The molecule has 0 amide bonds. The van der Waals surface area contributed by atoms with Crippen LogP contribution in [-0.2, 0) is 13.0 Å². The van der Waals surface area contributed by atoms with Gasteiger partial charge in [0.05, 0.1) is 16.4 Å². The maximum Gasteiger partial charge on any atom is 0.0816 e. The van der Waals surface area contributed by atoms with Gasteiger partial charge in [-0.2, -0.15) is 0 Å². The molecular formula is C10H11ClN2. The van der Waals surface area contributed by atoms with Gasteiger partial charge in [-0.15, -0.1) is 0 Å². The molecule has 68 valence electrons. The quantitative estimate of drug-likeness (QED) is 0.652. The average molecular weight is 195 g/mol. The zero-order chi connectivity index (χ0) is 9.00. The van der Waals surface area contributed by atoms with Gasteiger partial charge in [-0.1, -0.05) is 11.6 Å². The minimum atomic E-state index is 0.959. The van der Waals surface area contributed by atoms with E-state index in [2.05, 4.69) is 23.3 Å². The summed E-state index contributed by atoms with van der Waals surface area (Å²) in [6.45, 7) is 2.15. The van der Waals surface area contributed by atoms with E-state index in [0.29, 0.717) is 0 Å². The minimum Gasteiger partial charge on any atom is -0.351 e. The van der Waals surface area contributed by atoms with Crippen molar-refractivity contribution in [1.29, 1.82) is 0 Å². The van der Waals surface area contributed by atoms with Gasteiger partial charge in [-0.25, -0.2) is 0 Å². The predicted octanol–water partition coefficient (Wildman–Crippen LogP) is 2.38. The number of nitrogens with one attached hydrogen (secondary N) is 1. The van der Waals surface area contributed by atoms with Crippen molar-refractivity contribution < 1.29 is 0 Å². The van der Waals surface area contributed by atoms with Gasteiger partial charge < -0.3 is 10.2 Å². The van der Waals surface area contributed by atoms with Gasteiger partial charge in [0.1, 0.15) is 0 Å². The third-order valence-corrected chi connectivity index (χ3v) is 3.26. The Kier molecular flexibility index (Phi) is 1.41. The predicted molar refractivity (Wildman–Crippen MR) is 54.8 cm³/mol. The highest BCUT2D eigenvalue weighted by Gasteiger charge is 2.27. The highest BCUT2D eigenvalue weighted by atomic mass is 35.5. The summed E-state index contributed by atoms with van der Waals surface area (Å²) in [4.78, 5) is 2.33. The van der Waals surface area contributed by atoms with Crippen LogP contribution < -0.4 is 5.32 Å². The van der Waals surface area contributed by atoms with E-state index in [-0.39, 0.29) is 0 Å². The highest BCUT2D eigenvalue weighted by molar-refractivity contribution is 6.36. The van der Waals surface area contributed by atoms with Crippen molar-refractivity contribution in [2.45, 2.75) is 13.0 Å². The third-order valence-electron chi connectivity index (χ3n) is 2.84. The van der Waals surface area contributed by atoms with E-state index in [1.54, 1.807) is 0 Å². The molecule has 13 heavy (non-hydrogen) atoms. The van der Waals surface area contributed by atoms with E-state index in [9.17, 15) is 0 Å². The summed E-state index contributed by atoms with van der Waals surface area (Å²) < 4.78 is 0. The summed E-state index contributed by atoms with van der Waals surface area (Å²) in [5, 5.41) is 4.16. The summed E-state index contributed by atoms with van der Waals surface area (Å²) in [6.07, 6.45) is 1.08. The van der Waals surface area contributed by atoms with Gasteiger partial charge in [0.15, 0.2) is 0 Å². The van der Waals surface area contributed by atoms with Crippen LogP contribution in [0.4, 0.5) is 11.4 Å². The average Bonchev–Trinajstić information content (AvgIpc) is 2.83. The first kappa shape index (κ1) is 7.65. The molecule has 0 spiro atoms. The Hall–Kier alpha value is -0.730. The number of hydrogen-bond donors (Lipinski definition) is 1. The van der Waals surface area contributed by atoms with Crippen LogP contribution in [0, 0.1) is 0 Å². The molecule has 0 fully saturated rings. The van der Waals surface area contributed by atoms with Gasteiger partial charge >= 0.3 is 0 Å². The second-order valence-corrected chi connectivity index (χ2v) is 4.24. The molecule has 0 aromatic heterocycles. The Morgan fingerprint density at radius 1 is 1.54 bits per heavy atom. The molecule has 2 heterocycles. The van der Waals surface area contributed by atoms with Crippen LogP contribution in [0.3, 0.4) is 0 Å². The smallest absolute Gasteiger partial charge is 0.0816 e. The standard InChI is InChI=1S/C10H11ClN2/c1-13-3-2-7-6(5-13)4-8-10(12-8)9(7)11/h4,12H,2-3,5H2,1H3. The van der Waals surface area contributed by atoms with Crippen LogP contribution >= 0.6 is 11.6 Å². The van der Waals surface area contributed by atoms with Crippen molar-refractivity contribution >= 4 is 23.0 Å². The van der Waals surface area contributed by atoms with Crippen molar-refractivity contribution in [3.63, 3.8) is 0 Å². The minimum absolute atomic E-state index is 0.959. The molecule has 2 aliphatic rings. The molecule has 0 unspecified atom stereocenters. The van der Waals surface area contributed by atoms with E-state index >= 15 is 0 Å². The summed E-state index contributed by atoms with van der Waals surface area (Å²) >= 11 is 6.23. The van der Waals surface area contributed by atoms with Gasteiger partial charge in [0, 0.05) is 13.1 Å². The van der Waals surface area contributed by atoms with Crippen molar-refractivity contribution in [1.82, 2.24) is 4.90 Å². The number of anilines is 2. The van der Waals surface area contributed by atoms with Gasteiger partial charge in [0.2, 0.25) is 0 Å². The van der Waals surface area contributed by atoms with E-state index < -0.39 is 0 Å². The fourth-order valence-corrected chi connectivity index (χ4v) is 2.39. The molecule has 2 aliphatic heterocycles. The number of halogens is 1. The Balaban J connectivity index is 2.14. The summed E-state index contributed by atoms with van der Waals surface area (Å²) in [5.41, 5.74) is 5.12. The molecule has 3 rings (SSSR count). The monoisotopic (exact) mass is 194 g/mol. The number of nitrogens with zero attached hydrogens (tertiary/aromatic N) is 1. The first-order chi connectivity index (χ1) is 6.25. The lowest BCUT2D eigenvalue weighted by Crippen LogP contribution is -2.26. The molecule has 0 saturated heterocycles. The first-order valence-corrected chi connectivity index (χ1v) is 4.93. The summed E-state index contributed by atoms with van der Waals surface area (Å²) in [6, 6.07) is 2.23. The lowest BCUT2D eigenvalue weighted by atomic mass is 10.0. The molecule has 1 N–H and O–H groups in total. The second-order valence-electron chi connectivity index (χ2n) is 3.86. The summed E-state index contributed by atoms with van der Waals surface area (Å²) in [7, 11) is 2.15. The van der Waals surface area contributed by atoms with E-state index in [0.717, 1.165) is 30.2 Å². The molecule has 0 bridgehead atoms. The Morgan fingerprint density at radius 3 is 3.23 bits per heavy atom. The normalized spacial score (nSPS) is 18.9. The fourth-order valence-electron chi connectivity index (χ4n) is 2.02. The zero-order valence-electron chi connectivity index (χ0n) is 7.52. The number of benzene rings is 1. The fraction of sp³-hybridized carbons (Fsp3) is 0.400. The number of fused-ring (bicyclic) bond motifs is 2. The van der Waals surface area contributed by atoms with Crippen LogP contribution in [0.1, 0.15) is 11.1 Å². The van der Waals surface area contributed by atoms with Crippen molar-refractivity contribution in [3.05, 3.63) is 22.2 Å². The summed E-state index contributed by atoms with van der Waals surface area (Å²) in [5.74, 6) is 0. The van der Waals surface area contributed by atoms with Gasteiger partial charge in [-0.3, -0.25) is 0 Å². The van der Waals surface area contributed by atoms with Crippen LogP contribution in [0.5, 0.6) is 0 Å². The van der Waals surface area contributed by atoms with Crippen molar-refractivity contribution in [3.8, 4) is 0 Å². The molecule has 1 aromatic rings. The van der Waals surface area contributed by atoms with E-state index in [1.165, 1.54) is 16.8 Å². The molecular weight excluding hydrogens is 184 g/mol. The Labute approximate surface area is 82.5 Å². The largest absolute Gasteiger partial charge is 0.351 e. The molecule has 0 atom stereocenters. The third kappa shape index (κ3) is 1.06. The van der Waals surface area contributed by atoms with Crippen molar-refractivity contribution in [2.75, 3.05) is 18.9 Å². The second kappa shape index (κ2) is 2.40. The van der Waals surface area contributed by atoms with E-state index in [1.807, 2.05) is 0 Å².